The van der Waals surface area contributed by atoms with E-state index in [1.165, 1.54) is 0 Å². The van der Waals surface area contributed by atoms with Crippen molar-refractivity contribution in [2.75, 3.05) is 10.6 Å². The van der Waals surface area contributed by atoms with Gasteiger partial charge in [0.15, 0.2) is 17.5 Å². The maximum atomic E-state index is 13.4. The maximum Gasteiger partial charge on any atom is 0.314 e. The Morgan fingerprint density at radius 2 is 1.48 bits per heavy atom. The largest absolute Gasteiger partial charge is 0.318 e. The first kappa shape index (κ1) is 16.5. The fourth-order valence-electron chi connectivity index (χ4n) is 1.81. The normalized spacial score (nSPS) is 10.3. The van der Waals surface area contributed by atoms with Crippen LogP contribution in [0.25, 0.3) is 0 Å². The summed E-state index contributed by atoms with van der Waals surface area (Å²) in [6.45, 7) is 1.97. The molecule has 0 fully saturated rings. The Bertz CT molecular complexity index is 746. The second-order valence-corrected chi connectivity index (χ2v) is 4.68. The fourth-order valence-corrected chi connectivity index (χ4v) is 1.81. The summed E-state index contributed by atoms with van der Waals surface area (Å²) in [4.78, 5) is 23.4. The van der Waals surface area contributed by atoms with E-state index in [2.05, 4.69) is 5.32 Å². The quantitative estimate of drug-likeness (QED) is 0.673. The Labute approximate surface area is 130 Å². The molecule has 120 valence electrons. The van der Waals surface area contributed by atoms with Gasteiger partial charge in [-0.2, -0.15) is 0 Å². The molecule has 0 bridgehead atoms. The first-order chi connectivity index (χ1) is 10.9. The first-order valence-corrected chi connectivity index (χ1v) is 6.77. The number of rotatable bonds is 3. The number of carbonyl (C=O) groups is 2. The molecule has 0 saturated carbocycles. The van der Waals surface area contributed by atoms with Gasteiger partial charge in [-0.05, 0) is 36.2 Å². The van der Waals surface area contributed by atoms with Crippen molar-refractivity contribution in [3.8, 4) is 0 Å². The third kappa shape index (κ3) is 3.88. The summed E-state index contributed by atoms with van der Waals surface area (Å²) in [5.74, 6) is -6.94. The Morgan fingerprint density at radius 1 is 0.870 bits per heavy atom. The van der Waals surface area contributed by atoms with Gasteiger partial charge in [-0.15, -0.1) is 0 Å². The Balaban J connectivity index is 2.05. The van der Waals surface area contributed by atoms with Crippen molar-refractivity contribution in [1.82, 2.24) is 0 Å². The van der Waals surface area contributed by atoms with Gasteiger partial charge in [0.1, 0.15) is 0 Å². The second-order valence-electron chi connectivity index (χ2n) is 4.68. The summed E-state index contributed by atoms with van der Waals surface area (Å²) >= 11 is 0. The standard InChI is InChI=1S/C16H13F3N2O2/c1-2-9-3-5-10(6-4-9)20-15(22)16(23)21-12-8-7-11(17)13(18)14(12)19/h3-8H,2H2,1H3,(H,20,22)(H,21,23). The van der Waals surface area contributed by atoms with Crippen LogP contribution in [-0.4, -0.2) is 11.8 Å². The van der Waals surface area contributed by atoms with Crippen LogP contribution in [0.3, 0.4) is 0 Å². The predicted octanol–water partition coefficient (Wildman–Crippen LogP) is 3.24. The number of benzene rings is 2. The topological polar surface area (TPSA) is 58.2 Å². The van der Waals surface area contributed by atoms with Crippen molar-refractivity contribution in [3.63, 3.8) is 0 Å². The molecule has 0 unspecified atom stereocenters. The molecule has 0 saturated heterocycles. The van der Waals surface area contributed by atoms with Crippen molar-refractivity contribution < 1.29 is 22.8 Å². The number of aryl methyl sites for hydroxylation is 1. The Hall–Kier alpha value is -2.83. The molecule has 0 heterocycles. The average Bonchev–Trinajstić information content (AvgIpc) is 2.56. The number of hydrogen-bond acceptors (Lipinski definition) is 2. The van der Waals surface area contributed by atoms with Gasteiger partial charge < -0.3 is 10.6 Å². The van der Waals surface area contributed by atoms with Crippen LogP contribution in [0.15, 0.2) is 36.4 Å². The molecule has 0 aliphatic rings. The molecule has 2 N–H and O–H groups in total. The van der Waals surface area contributed by atoms with Gasteiger partial charge in [0.05, 0.1) is 5.69 Å². The van der Waals surface area contributed by atoms with Crippen LogP contribution in [0.2, 0.25) is 0 Å². The van der Waals surface area contributed by atoms with E-state index in [-0.39, 0.29) is 0 Å². The molecule has 0 spiro atoms. The van der Waals surface area contributed by atoms with Crippen molar-refractivity contribution in [3.05, 3.63) is 59.4 Å². The summed E-state index contributed by atoms with van der Waals surface area (Å²) in [6, 6.07) is 8.26. The minimum atomic E-state index is -1.72. The SMILES string of the molecule is CCc1ccc(NC(=O)C(=O)Nc2ccc(F)c(F)c2F)cc1. The smallest absolute Gasteiger partial charge is 0.314 e. The monoisotopic (exact) mass is 322 g/mol. The van der Waals surface area contributed by atoms with E-state index in [0.717, 1.165) is 18.1 Å². The van der Waals surface area contributed by atoms with Gasteiger partial charge in [-0.3, -0.25) is 9.59 Å². The van der Waals surface area contributed by atoms with E-state index in [9.17, 15) is 22.8 Å². The molecule has 2 aromatic carbocycles. The number of carbonyl (C=O) groups excluding carboxylic acids is 2. The van der Waals surface area contributed by atoms with Crippen LogP contribution in [0, 0.1) is 17.5 Å². The van der Waals surface area contributed by atoms with E-state index < -0.39 is 35.0 Å². The third-order valence-corrected chi connectivity index (χ3v) is 3.11. The molecule has 2 amide bonds. The van der Waals surface area contributed by atoms with Crippen molar-refractivity contribution in [2.24, 2.45) is 0 Å². The third-order valence-electron chi connectivity index (χ3n) is 3.11. The van der Waals surface area contributed by atoms with Crippen LogP contribution in [0.5, 0.6) is 0 Å². The van der Waals surface area contributed by atoms with E-state index in [1.54, 1.807) is 24.3 Å². The van der Waals surface area contributed by atoms with Gasteiger partial charge in [-0.25, -0.2) is 13.2 Å². The molecule has 23 heavy (non-hydrogen) atoms. The molecule has 0 radical (unpaired) electrons. The molecule has 2 rings (SSSR count). The van der Waals surface area contributed by atoms with Crippen molar-refractivity contribution >= 4 is 23.2 Å². The van der Waals surface area contributed by atoms with Crippen LogP contribution < -0.4 is 10.6 Å². The highest BCUT2D eigenvalue weighted by atomic mass is 19.2. The van der Waals surface area contributed by atoms with Crippen LogP contribution in [0.4, 0.5) is 24.5 Å². The summed E-state index contributed by atoms with van der Waals surface area (Å²) in [6.07, 6.45) is 0.824. The number of amides is 2. The van der Waals surface area contributed by atoms with Crippen molar-refractivity contribution in [1.29, 1.82) is 0 Å². The molecule has 2 aromatic rings. The molecule has 7 heteroatoms. The van der Waals surface area contributed by atoms with E-state index in [4.69, 9.17) is 0 Å². The lowest BCUT2D eigenvalue weighted by atomic mass is 10.1. The van der Waals surface area contributed by atoms with E-state index in [1.807, 2.05) is 12.2 Å². The molecule has 0 aliphatic carbocycles. The highest BCUT2D eigenvalue weighted by molar-refractivity contribution is 6.43. The van der Waals surface area contributed by atoms with Crippen LogP contribution >= 0.6 is 0 Å². The molecule has 0 aliphatic heterocycles. The summed E-state index contributed by atoms with van der Waals surface area (Å²) < 4.78 is 39.3. The van der Waals surface area contributed by atoms with Gasteiger partial charge in [0.25, 0.3) is 0 Å². The molecular weight excluding hydrogens is 309 g/mol. The minimum absolute atomic E-state index is 0.383. The van der Waals surface area contributed by atoms with Crippen LogP contribution in [-0.2, 0) is 16.0 Å². The number of anilines is 2. The number of halogens is 3. The molecule has 0 atom stereocenters. The summed E-state index contributed by atoms with van der Waals surface area (Å²) in [5, 5.41) is 4.21. The number of hydrogen-bond donors (Lipinski definition) is 2. The summed E-state index contributed by atoms with van der Waals surface area (Å²) in [5.41, 5.74) is 0.815. The zero-order valence-corrected chi connectivity index (χ0v) is 12.1. The van der Waals surface area contributed by atoms with Gasteiger partial charge in [-0.1, -0.05) is 19.1 Å². The fraction of sp³-hybridized carbons (Fsp3) is 0.125. The molecule has 0 aromatic heterocycles. The molecular formula is C16H13F3N2O2. The van der Waals surface area contributed by atoms with Gasteiger partial charge in [0, 0.05) is 5.69 Å². The highest BCUT2D eigenvalue weighted by Crippen LogP contribution is 2.19. The van der Waals surface area contributed by atoms with E-state index in [0.29, 0.717) is 11.8 Å². The predicted molar refractivity (Wildman–Crippen MR) is 79.4 cm³/mol. The second kappa shape index (κ2) is 6.95. The average molecular weight is 322 g/mol. The number of nitrogens with one attached hydrogen (secondary N) is 2. The lowest BCUT2D eigenvalue weighted by Gasteiger charge is -2.08. The highest BCUT2D eigenvalue weighted by Gasteiger charge is 2.19. The zero-order chi connectivity index (χ0) is 17.0. The lowest BCUT2D eigenvalue weighted by Crippen LogP contribution is -2.29. The zero-order valence-electron chi connectivity index (χ0n) is 12.1. The Morgan fingerprint density at radius 3 is 2.09 bits per heavy atom. The van der Waals surface area contributed by atoms with Gasteiger partial charge >= 0.3 is 11.8 Å². The Kier molecular flexibility index (Phi) is 5.00. The minimum Gasteiger partial charge on any atom is -0.318 e. The van der Waals surface area contributed by atoms with Crippen molar-refractivity contribution in [2.45, 2.75) is 13.3 Å². The first-order valence-electron chi connectivity index (χ1n) is 6.77. The lowest BCUT2D eigenvalue weighted by molar-refractivity contribution is -0.133. The van der Waals surface area contributed by atoms with Crippen LogP contribution in [0.1, 0.15) is 12.5 Å². The maximum absolute atomic E-state index is 13.4. The van der Waals surface area contributed by atoms with Gasteiger partial charge in [0.2, 0.25) is 0 Å². The van der Waals surface area contributed by atoms with E-state index >= 15 is 0 Å². The summed E-state index contributed by atoms with van der Waals surface area (Å²) in [7, 11) is 0. The molecule has 4 nitrogen and oxygen atoms in total.